The summed E-state index contributed by atoms with van der Waals surface area (Å²) in [5.41, 5.74) is 5.24. The smallest absolute Gasteiger partial charge is 0.410 e. The Hall–Kier alpha value is -4.35. The van der Waals surface area contributed by atoms with Gasteiger partial charge in [0.1, 0.15) is 12.4 Å². The molecule has 1 fully saturated rings. The van der Waals surface area contributed by atoms with Crippen molar-refractivity contribution in [1.82, 2.24) is 14.9 Å². The number of hydrogen-bond donors (Lipinski definition) is 0. The van der Waals surface area contributed by atoms with Gasteiger partial charge in [0.2, 0.25) is 5.28 Å². The van der Waals surface area contributed by atoms with Crippen LogP contribution < -0.4 is 9.80 Å². The van der Waals surface area contributed by atoms with E-state index in [0.717, 1.165) is 28.3 Å². The first kappa shape index (κ1) is 25.9. The Bertz CT molecular complexity index is 1600. The first-order chi connectivity index (χ1) is 19.5. The number of hydrogen-bond acceptors (Lipinski definition) is 7. The van der Waals surface area contributed by atoms with Crippen LogP contribution in [0.1, 0.15) is 28.8 Å². The maximum Gasteiger partial charge on any atom is 0.410 e. The fourth-order valence-corrected chi connectivity index (χ4v) is 5.96. The van der Waals surface area contributed by atoms with Gasteiger partial charge >= 0.3 is 6.09 Å². The number of nitriles is 1. The van der Waals surface area contributed by atoms with Crippen LogP contribution in [-0.4, -0.2) is 46.6 Å². The lowest BCUT2D eigenvalue weighted by atomic mass is 10.0. The molecule has 0 aliphatic carbocycles. The number of benzene rings is 3. The van der Waals surface area contributed by atoms with Crippen molar-refractivity contribution in [2.75, 3.05) is 29.4 Å². The van der Waals surface area contributed by atoms with Crippen LogP contribution in [0.4, 0.5) is 16.3 Å². The average molecular weight is 553 g/mol. The maximum absolute atomic E-state index is 13.0. The van der Waals surface area contributed by atoms with Gasteiger partial charge in [0.15, 0.2) is 0 Å². The first-order valence-electron chi connectivity index (χ1n) is 13.4. The van der Waals surface area contributed by atoms with E-state index in [2.05, 4.69) is 69.2 Å². The normalized spacial score (nSPS) is 16.6. The quantitative estimate of drug-likeness (QED) is 0.287. The Morgan fingerprint density at radius 1 is 1.02 bits per heavy atom. The standard InChI is InChI=1S/C31H29ClN6O2/c1-21-7-5-10-23-11-6-12-27(28(21)23)37-18-25-26(19-37)34-30(32)35-29(25)36-15-16-38(24(17-36)13-14-33)31(39)40-20-22-8-3-2-4-9-22/h2-12,24H,13,15-20H2,1H3/t24-/m0/s1. The second-order valence-electron chi connectivity index (χ2n) is 10.2. The van der Waals surface area contributed by atoms with Crippen LogP contribution in [0.3, 0.4) is 0 Å². The summed E-state index contributed by atoms with van der Waals surface area (Å²) in [6.45, 7) is 5.04. The molecule has 202 valence electrons. The lowest BCUT2D eigenvalue weighted by Gasteiger charge is -2.40. The van der Waals surface area contributed by atoms with Gasteiger partial charge in [0.25, 0.3) is 0 Å². The van der Waals surface area contributed by atoms with Crippen LogP contribution in [0.25, 0.3) is 10.8 Å². The zero-order valence-corrected chi connectivity index (χ0v) is 23.0. The van der Waals surface area contributed by atoms with Gasteiger partial charge in [-0.15, -0.1) is 0 Å². The number of fused-ring (bicyclic) bond motifs is 2. The Morgan fingerprint density at radius 2 is 1.82 bits per heavy atom. The van der Waals surface area contributed by atoms with E-state index in [1.165, 1.54) is 16.3 Å². The predicted octanol–water partition coefficient (Wildman–Crippen LogP) is 5.85. The van der Waals surface area contributed by atoms with Crippen LogP contribution >= 0.6 is 11.6 Å². The number of carbonyl (C=O) groups is 1. The summed E-state index contributed by atoms with van der Waals surface area (Å²) in [6.07, 6.45) is -0.216. The highest BCUT2D eigenvalue weighted by Crippen LogP contribution is 2.38. The van der Waals surface area contributed by atoms with E-state index in [-0.39, 0.29) is 24.4 Å². The lowest BCUT2D eigenvalue weighted by molar-refractivity contribution is 0.0768. The zero-order valence-electron chi connectivity index (χ0n) is 22.3. The molecule has 0 unspecified atom stereocenters. The molecule has 2 aliphatic heterocycles. The summed E-state index contributed by atoms with van der Waals surface area (Å²) in [5.74, 6) is 0.773. The molecular weight excluding hydrogens is 524 g/mol. The van der Waals surface area contributed by atoms with E-state index in [1.807, 2.05) is 30.3 Å². The second kappa shape index (κ2) is 11.0. The van der Waals surface area contributed by atoms with Crippen LogP contribution in [0.5, 0.6) is 0 Å². The number of carbonyl (C=O) groups excluding carboxylic acids is 1. The Kier molecular flexibility index (Phi) is 7.14. The topological polar surface area (TPSA) is 85.6 Å². The minimum Gasteiger partial charge on any atom is -0.445 e. The molecule has 9 heteroatoms. The Morgan fingerprint density at radius 3 is 2.62 bits per heavy atom. The summed E-state index contributed by atoms with van der Waals surface area (Å²) >= 11 is 6.43. The van der Waals surface area contributed by atoms with Gasteiger partial charge in [0, 0.05) is 42.8 Å². The van der Waals surface area contributed by atoms with Crippen molar-refractivity contribution < 1.29 is 9.53 Å². The summed E-state index contributed by atoms with van der Waals surface area (Å²) < 4.78 is 5.59. The zero-order chi connectivity index (χ0) is 27.6. The highest BCUT2D eigenvalue weighted by Gasteiger charge is 2.35. The van der Waals surface area contributed by atoms with Crippen molar-refractivity contribution in [3.05, 3.63) is 94.4 Å². The molecule has 1 atom stereocenters. The van der Waals surface area contributed by atoms with Crippen molar-refractivity contribution >= 4 is 40.0 Å². The van der Waals surface area contributed by atoms with Gasteiger partial charge in [0.05, 0.1) is 30.8 Å². The number of aromatic nitrogens is 2. The molecule has 2 aliphatic rings. The van der Waals surface area contributed by atoms with Gasteiger partial charge in [-0.1, -0.05) is 60.7 Å². The number of ether oxygens (including phenoxy) is 1. The highest BCUT2D eigenvalue weighted by atomic mass is 35.5. The molecule has 40 heavy (non-hydrogen) atoms. The Balaban J connectivity index is 1.23. The van der Waals surface area contributed by atoms with Crippen LogP contribution in [0.2, 0.25) is 5.28 Å². The van der Waals surface area contributed by atoms with Gasteiger partial charge in [-0.05, 0) is 41.1 Å². The largest absolute Gasteiger partial charge is 0.445 e. The van der Waals surface area contributed by atoms with Crippen LogP contribution in [0, 0.1) is 18.3 Å². The summed E-state index contributed by atoms with van der Waals surface area (Å²) in [4.78, 5) is 28.4. The first-order valence-corrected chi connectivity index (χ1v) is 13.8. The van der Waals surface area contributed by atoms with Crippen molar-refractivity contribution in [2.24, 2.45) is 0 Å². The molecule has 1 aromatic heterocycles. The third-order valence-electron chi connectivity index (χ3n) is 7.71. The molecule has 1 saturated heterocycles. The fourth-order valence-electron chi connectivity index (χ4n) is 5.78. The Labute approximate surface area is 238 Å². The maximum atomic E-state index is 13.0. The minimum atomic E-state index is -0.410. The van der Waals surface area contributed by atoms with Gasteiger partial charge in [-0.25, -0.2) is 14.8 Å². The summed E-state index contributed by atoms with van der Waals surface area (Å²) in [6, 6.07) is 24.2. The van der Waals surface area contributed by atoms with Crippen molar-refractivity contribution in [1.29, 1.82) is 5.26 Å². The van der Waals surface area contributed by atoms with E-state index < -0.39 is 6.09 Å². The SMILES string of the molecule is Cc1cccc2cccc(N3Cc4nc(Cl)nc(N5CCN(C(=O)OCc6ccccc6)[C@@H](CC#N)C5)c4C3)c12. The number of aryl methyl sites for hydroxylation is 1. The minimum absolute atomic E-state index is 0.192. The predicted molar refractivity (Wildman–Crippen MR) is 155 cm³/mol. The molecule has 3 heterocycles. The molecule has 0 radical (unpaired) electrons. The monoisotopic (exact) mass is 552 g/mol. The van der Waals surface area contributed by atoms with E-state index in [1.54, 1.807) is 4.90 Å². The van der Waals surface area contributed by atoms with Crippen molar-refractivity contribution in [2.45, 2.75) is 39.1 Å². The molecule has 8 nitrogen and oxygen atoms in total. The van der Waals surface area contributed by atoms with E-state index >= 15 is 0 Å². The molecule has 4 aromatic rings. The number of nitrogens with zero attached hydrogens (tertiary/aromatic N) is 6. The molecular formula is C31H29ClN6O2. The summed E-state index contributed by atoms with van der Waals surface area (Å²) in [7, 11) is 0. The van der Waals surface area contributed by atoms with Gasteiger partial charge in [-0.2, -0.15) is 5.26 Å². The number of rotatable bonds is 5. The average Bonchev–Trinajstić information content (AvgIpc) is 3.40. The van der Waals surface area contributed by atoms with E-state index in [0.29, 0.717) is 32.7 Å². The fraction of sp³-hybridized carbons (Fsp3) is 0.290. The number of piperazine rings is 1. The summed E-state index contributed by atoms with van der Waals surface area (Å²) in [5, 5.41) is 12.2. The second-order valence-corrected chi connectivity index (χ2v) is 10.6. The molecule has 6 rings (SSSR count). The molecule has 0 bridgehead atoms. The van der Waals surface area contributed by atoms with Crippen LogP contribution in [0.15, 0.2) is 66.7 Å². The molecule has 3 aromatic carbocycles. The van der Waals surface area contributed by atoms with Gasteiger partial charge in [-0.3, -0.25) is 0 Å². The lowest BCUT2D eigenvalue weighted by Crippen LogP contribution is -2.55. The molecule has 0 saturated carbocycles. The molecule has 0 spiro atoms. The highest BCUT2D eigenvalue weighted by molar-refractivity contribution is 6.28. The van der Waals surface area contributed by atoms with E-state index in [4.69, 9.17) is 16.3 Å². The van der Waals surface area contributed by atoms with E-state index in [9.17, 15) is 10.1 Å². The van der Waals surface area contributed by atoms with Crippen molar-refractivity contribution in [3.63, 3.8) is 0 Å². The molecule has 1 amide bonds. The number of amides is 1. The molecule has 0 N–H and O–H groups in total. The van der Waals surface area contributed by atoms with Crippen molar-refractivity contribution in [3.8, 4) is 6.07 Å². The van der Waals surface area contributed by atoms with Crippen LogP contribution in [-0.2, 0) is 24.4 Å². The third kappa shape index (κ3) is 5.01. The number of halogens is 1. The third-order valence-corrected chi connectivity index (χ3v) is 7.88. The number of anilines is 2. The van der Waals surface area contributed by atoms with Gasteiger partial charge < -0.3 is 19.4 Å².